The Labute approximate surface area is 170 Å². The van der Waals surface area contributed by atoms with E-state index in [4.69, 9.17) is 0 Å². The van der Waals surface area contributed by atoms with Crippen molar-refractivity contribution in [3.8, 4) is 0 Å². The van der Waals surface area contributed by atoms with Gasteiger partial charge in [0, 0.05) is 5.69 Å². The summed E-state index contributed by atoms with van der Waals surface area (Å²) in [6.45, 7) is 5.28. The third kappa shape index (κ3) is 4.41. The first-order valence-electron chi connectivity index (χ1n) is 9.99. The van der Waals surface area contributed by atoms with Crippen molar-refractivity contribution in [2.45, 2.75) is 52.0 Å². The minimum absolute atomic E-state index is 0.237. The van der Waals surface area contributed by atoms with Crippen LogP contribution in [0.25, 0.3) is 0 Å². The fourth-order valence-corrected chi connectivity index (χ4v) is 3.99. The summed E-state index contributed by atoms with van der Waals surface area (Å²) in [5, 5.41) is 8.05. The van der Waals surface area contributed by atoms with Crippen LogP contribution in [-0.2, 0) is 14.4 Å². The molecule has 0 bridgehead atoms. The van der Waals surface area contributed by atoms with Crippen LogP contribution in [0.2, 0.25) is 0 Å². The number of anilines is 1. The number of benzene rings is 1. The highest BCUT2D eigenvalue weighted by molar-refractivity contribution is 6.09. The Hall–Kier alpha value is -2.90. The van der Waals surface area contributed by atoms with Crippen molar-refractivity contribution in [1.29, 1.82) is 0 Å². The summed E-state index contributed by atoms with van der Waals surface area (Å²) in [6, 6.07) is 5.14. The monoisotopic (exact) mass is 400 g/mol. The third-order valence-electron chi connectivity index (χ3n) is 5.87. The van der Waals surface area contributed by atoms with Gasteiger partial charge in [0.2, 0.25) is 11.8 Å². The Morgan fingerprint density at radius 1 is 1.14 bits per heavy atom. The van der Waals surface area contributed by atoms with E-state index >= 15 is 0 Å². The van der Waals surface area contributed by atoms with Gasteiger partial charge in [-0.2, -0.15) is 0 Å². The molecule has 8 nitrogen and oxygen atoms in total. The average molecular weight is 400 g/mol. The lowest BCUT2D eigenvalue weighted by Gasteiger charge is -2.33. The van der Waals surface area contributed by atoms with Crippen molar-refractivity contribution in [3.05, 3.63) is 29.3 Å². The summed E-state index contributed by atoms with van der Waals surface area (Å²) in [6.07, 6.45) is 2.92. The molecule has 1 saturated carbocycles. The highest BCUT2D eigenvalue weighted by atomic mass is 16.2. The van der Waals surface area contributed by atoms with Gasteiger partial charge < -0.3 is 16.0 Å². The molecule has 2 aliphatic rings. The van der Waals surface area contributed by atoms with Gasteiger partial charge in [0.05, 0.1) is 6.54 Å². The van der Waals surface area contributed by atoms with Crippen LogP contribution in [0.4, 0.5) is 10.5 Å². The lowest BCUT2D eigenvalue weighted by Crippen LogP contribution is -2.50. The van der Waals surface area contributed by atoms with E-state index in [9.17, 15) is 19.2 Å². The lowest BCUT2D eigenvalue weighted by molar-refractivity contribution is -0.136. The van der Waals surface area contributed by atoms with Gasteiger partial charge in [0.25, 0.3) is 5.91 Å². The lowest BCUT2D eigenvalue weighted by atomic mass is 9.77. The largest absolute Gasteiger partial charge is 0.345 e. The van der Waals surface area contributed by atoms with Gasteiger partial charge in [0.1, 0.15) is 12.1 Å². The van der Waals surface area contributed by atoms with Crippen molar-refractivity contribution in [3.63, 3.8) is 0 Å². The minimum atomic E-state index is -0.871. The molecule has 0 aromatic heterocycles. The zero-order chi connectivity index (χ0) is 21.2. The van der Waals surface area contributed by atoms with Crippen molar-refractivity contribution < 1.29 is 19.2 Å². The number of urea groups is 1. The van der Waals surface area contributed by atoms with Crippen LogP contribution in [0.5, 0.6) is 0 Å². The predicted octanol–water partition coefficient (Wildman–Crippen LogP) is 1.86. The predicted molar refractivity (Wildman–Crippen MR) is 108 cm³/mol. The van der Waals surface area contributed by atoms with Crippen molar-refractivity contribution in [2.75, 3.05) is 18.4 Å². The number of hydrogen-bond acceptors (Lipinski definition) is 4. The highest BCUT2D eigenvalue weighted by Crippen LogP contribution is 2.36. The molecule has 156 valence electrons. The van der Waals surface area contributed by atoms with Crippen LogP contribution in [-0.4, -0.2) is 47.3 Å². The van der Waals surface area contributed by atoms with Crippen LogP contribution >= 0.6 is 0 Å². The zero-order valence-electron chi connectivity index (χ0n) is 17.1. The second-order valence-electron chi connectivity index (χ2n) is 8.18. The van der Waals surface area contributed by atoms with Gasteiger partial charge >= 0.3 is 6.03 Å². The van der Waals surface area contributed by atoms with E-state index < -0.39 is 24.0 Å². The van der Waals surface area contributed by atoms with E-state index in [0.717, 1.165) is 28.9 Å². The van der Waals surface area contributed by atoms with E-state index in [0.29, 0.717) is 24.4 Å². The third-order valence-corrected chi connectivity index (χ3v) is 5.87. The first kappa shape index (κ1) is 20.8. The quantitative estimate of drug-likeness (QED) is 0.656. The van der Waals surface area contributed by atoms with E-state index in [-0.39, 0.29) is 18.4 Å². The fourth-order valence-electron chi connectivity index (χ4n) is 3.99. The maximum atomic E-state index is 12.8. The number of nitrogens with one attached hydrogen (secondary N) is 3. The number of nitrogens with zero attached hydrogens (tertiary/aromatic N) is 1. The SMILES string of the molecule is Cc1cccc(C)c1NC(=O)CNC(=O)CN1C(=O)NC2(CCC(C)CC2)C1=O. The Kier molecular flexibility index (Phi) is 5.91. The van der Waals surface area contributed by atoms with Gasteiger partial charge in [-0.3, -0.25) is 19.3 Å². The molecule has 2 fully saturated rings. The number of aryl methyl sites for hydroxylation is 2. The summed E-state index contributed by atoms with van der Waals surface area (Å²) in [4.78, 5) is 50.4. The topological polar surface area (TPSA) is 108 Å². The number of amides is 5. The smallest absolute Gasteiger partial charge is 0.325 e. The van der Waals surface area contributed by atoms with E-state index in [2.05, 4.69) is 22.9 Å². The first-order chi connectivity index (χ1) is 13.7. The molecule has 1 spiro atoms. The number of rotatable bonds is 5. The van der Waals surface area contributed by atoms with Gasteiger partial charge in [-0.1, -0.05) is 25.1 Å². The molecule has 1 aliphatic carbocycles. The van der Waals surface area contributed by atoms with Gasteiger partial charge in [-0.05, 0) is 56.6 Å². The summed E-state index contributed by atoms with van der Waals surface area (Å²) in [5.41, 5.74) is 1.70. The Balaban J connectivity index is 1.52. The first-order valence-corrected chi connectivity index (χ1v) is 9.99. The normalized spacial score (nSPS) is 23.8. The number of para-hydroxylation sites is 1. The molecule has 1 aromatic rings. The summed E-state index contributed by atoms with van der Waals surface area (Å²) < 4.78 is 0. The average Bonchev–Trinajstić information content (AvgIpc) is 2.90. The molecule has 0 unspecified atom stereocenters. The second-order valence-corrected chi connectivity index (χ2v) is 8.18. The van der Waals surface area contributed by atoms with Crippen molar-refractivity contribution in [2.24, 2.45) is 5.92 Å². The van der Waals surface area contributed by atoms with Crippen LogP contribution in [0.15, 0.2) is 18.2 Å². The van der Waals surface area contributed by atoms with Crippen LogP contribution in [0.3, 0.4) is 0 Å². The van der Waals surface area contributed by atoms with E-state index in [1.165, 1.54) is 0 Å². The standard InChI is InChI=1S/C21H28N4O4/c1-13-7-9-21(10-8-13)19(28)25(20(29)24-21)12-17(27)22-11-16(26)23-18-14(2)5-4-6-15(18)3/h4-6,13H,7-12H2,1-3H3,(H,22,27)(H,23,26)(H,24,29). The zero-order valence-corrected chi connectivity index (χ0v) is 17.1. The molecule has 1 heterocycles. The molecule has 29 heavy (non-hydrogen) atoms. The molecule has 1 saturated heterocycles. The molecule has 5 amide bonds. The number of imide groups is 1. The van der Waals surface area contributed by atoms with E-state index in [1.807, 2.05) is 32.0 Å². The number of carbonyl (C=O) groups excluding carboxylic acids is 4. The van der Waals surface area contributed by atoms with Gasteiger partial charge in [0.15, 0.2) is 0 Å². The maximum absolute atomic E-state index is 12.8. The van der Waals surface area contributed by atoms with Crippen molar-refractivity contribution >= 4 is 29.4 Å². The summed E-state index contributed by atoms with van der Waals surface area (Å²) in [5.74, 6) is -0.736. The van der Waals surface area contributed by atoms with E-state index in [1.54, 1.807) is 0 Å². The van der Waals surface area contributed by atoms with Crippen LogP contribution in [0, 0.1) is 19.8 Å². The molecule has 1 aromatic carbocycles. The summed E-state index contributed by atoms with van der Waals surface area (Å²) >= 11 is 0. The molecule has 3 N–H and O–H groups in total. The molecule has 0 radical (unpaired) electrons. The highest BCUT2D eigenvalue weighted by Gasteiger charge is 2.52. The second kappa shape index (κ2) is 8.23. The van der Waals surface area contributed by atoms with Gasteiger partial charge in [-0.25, -0.2) is 4.79 Å². The summed E-state index contributed by atoms with van der Waals surface area (Å²) in [7, 11) is 0. The molecule has 0 atom stereocenters. The maximum Gasteiger partial charge on any atom is 0.325 e. The Morgan fingerprint density at radius 3 is 2.38 bits per heavy atom. The Morgan fingerprint density at radius 2 is 1.76 bits per heavy atom. The number of hydrogen-bond donors (Lipinski definition) is 3. The molecular formula is C21H28N4O4. The molecular weight excluding hydrogens is 372 g/mol. The molecule has 1 aliphatic heterocycles. The van der Waals surface area contributed by atoms with Crippen LogP contribution < -0.4 is 16.0 Å². The number of carbonyl (C=O) groups is 4. The molecule has 3 rings (SSSR count). The van der Waals surface area contributed by atoms with Gasteiger partial charge in [-0.15, -0.1) is 0 Å². The van der Waals surface area contributed by atoms with Crippen LogP contribution in [0.1, 0.15) is 43.7 Å². The fraction of sp³-hybridized carbons (Fsp3) is 0.524. The van der Waals surface area contributed by atoms with Crippen molar-refractivity contribution in [1.82, 2.24) is 15.5 Å². The molecule has 8 heteroatoms. The minimum Gasteiger partial charge on any atom is -0.345 e. The Bertz CT molecular complexity index is 823.